The third-order valence-corrected chi connectivity index (χ3v) is 3.94. The normalized spacial score (nSPS) is 12.3. The molecular weight excluding hydrogens is 324 g/mol. The summed E-state index contributed by atoms with van der Waals surface area (Å²) in [6, 6.07) is 8.59. The highest BCUT2D eigenvalue weighted by Gasteiger charge is 2.09. The Kier molecular flexibility index (Phi) is 4.48. The number of benzene rings is 1. The average Bonchev–Trinajstić information content (AvgIpc) is 2.37. The Morgan fingerprint density at radius 1 is 1.21 bits per heavy atom. The maximum atomic E-state index is 6.09. The lowest BCUT2D eigenvalue weighted by Crippen LogP contribution is -2.08. The predicted octanol–water partition coefficient (Wildman–Crippen LogP) is 5.29. The second kappa shape index (κ2) is 5.93. The van der Waals surface area contributed by atoms with Gasteiger partial charge in [0.2, 0.25) is 0 Å². The Morgan fingerprint density at radius 3 is 2.63 bits per heavy atom. The lowest BCUT2D eigenvalue weighted by molar-refractivity contribution is 0.879. The van der Waals surface area contributed by atoms with Gasteiger partial charge in [0.1, 0.15) is 0 Å². The van der Waals surface area contributed by atoms with Crippen LogP contribution in [0.4, 0.5) is 5.69 Å². The summed E-state index contributed by atoms with van der Waals surface area (Å²) < 4.78 is 0.909. The van der Waals surface area contributed by atoms with Crippen LogP contribution >= 0.6 is 27.5 Å². The summed E-state index contributed by atoms with van der Waals surface area (Å²) in [7, 11) is 0. The van der Waals surface area contributed by atoms with Crippen molar-refractivity contribution in [2.75, 3.05) is 5.32 Å². The smallest absolute Gasteiger partial charge is 0.152 e. The first-order chi connectivity index (χ1) is 8.97. The fourth-order valence-electron chi connectivity index (χ4n) is 1.87. The van der Waals surface area contributed by atoms with Crippen LogP contribution in [-0.4, -0.2) is 4.98 Å². The van der Waals surface area contributed by atoms with Gasteiger partial charge in [0.15, 0.2) is 5.15 Å². The summed E-state index contributed by atoms with van der Waals surface area (Å²) >= 11 is 9.49. The number of aromatic nitrogens is 1. The van der Waals surface area contributed by atoms with Gasteiger partial charge in [0.25, 0.3) is 0 Å². The van der Waals surface area contributed by atoms with Gasteiger partial charge in [-0.15, -0.1) is 0 Å². The fraction of sp³-hybridized carbons (Fsp3) is 0.267. The molecule has 0 aliphatic heterocycles. The lowest BCUT2D eigenvalue weighted by atomic mass is 10.0. The molecule has 1 N–H and O–H groups in total. The van der Waals surface area contributed by atoms with Crippen molar-refractivity contribution in [2.24, 2.45) is 0 Å². The zero-order valence-corrected chi connectivity index (χ0v) is 13.5. The molecule has 0 fully saturated rings. The largest absolute Gasteiger partial charge is 0.376 e. The molecule has 1 aromatic heterocycles. The van der Waals surface area contributed by atoms with Crippen molar-refractivity contribution in [3.05, 3.63) is 56.8 Å². The molecule has 1 atom stereocenters. The van der Waals surface area contributed by atoms with Crippen LogP contribution < -0.4 is 5.32 Å². The van der Waals surface area contributed by atoms with Crippen LogP contribution in [0, 0.1) is 13.8 Å². The van der Waals surface area contributed by atoms with Gasteiger partial charge in [0.05, 0.1) is 5.69 Å². The van der Waals surface area contributed by atoms with Crippen LogP contribution in [0.5, 0.6) is 0 Å². The van der Waals surface area contributed by atoms with Crippen LogP contribution in [0.25, 0.3) is 0 Å². The molecular formula is C15H16BrClN2. The zero-order chi connectivity index (χ0) is 14.0. The quantitative estimate of drug-likeness (QED) is 0.769. The van der Waals surface area contributed by atoms with Crippen LogP contribution in [-0.2, 0) is 0 Å². The second-order valence-corrected chi connectivity index (χ2v) is 5.98. The monoisotopic (exact) mass is 338 g/mol. The van der Waals surface area contributed by atoms with Crippen LogP contribution in [0.2, 0.25) is 5.15 Å². The maximum Gasteiger partial charge on any atom is 0.152 e. The van der Waals surface area contributed by atoms with Gasteiger partial charge < -0.3 is 5.32 Å². The number of pyridine rings is 1. The van der Waals surface area contributed by atoms with Gasteiger partial charge >= 0.3 is 0 Å². The number of hydrogen-bond donors (Lipinski definition) is 1. The van der Waals surface area contributed by atoms with E-state index in [1.54, 1.807) is 6.20 Å². The summed E-state index contributed by atoms with van der Waals surface area (Å²) in [5, 5.41) is 3.87. The van der Waals surface area contributed by atoms with E-state index in [1.807, 2.05) is 6.07 Å². The molecule has 0 saturated heterocycles. The molecule has 19 heavy (non-hydrogen) atoms. The average molecular weight is 340 g/mol. The number of halogens is 2. The molecule has 0 aliphatic carbocycles. The first-order valence-electron chi connectivity index (χ1n) is 6.12. The van der Waals surface area contributed by atoms with Crippen LogP contribution in [0.15, 0.2) is 34.9 Å². The molecule has 2 rings (SSSR count). The predicted molar refractivity (Wildman–Crippen MR) is 84.9 cm³/mol. The van der Waals surface area contributed by atoms with Crippen molar-refractivity contribution in [1.82, 2.24) is 4.98 Å². The standard InChI is InChI=1S/C15H16BrClN2/c1-9-4-5-12(6-10(9)2)11(3)19-14-7-13(16)8-18-15(14)17/h4-8,11,19H,1-3H3. The number of hydrogen-bond acceptors (Lipinski definition) is 2. The Morgan fingerprint density at radius 2 is 1.95 bits per heavy atom. The molecule has 2 nitrogen and oxygen atoms in total. The Bertz CT molecular complexity index is 599. The molecule has 0 aliphatic rings. The van der Waals surface area contributed by atoms with Gasteiger partial charge in [-0.05, 0) is 59.5 Å². The van der Waals surface area contributed by atoms with Crippen LogP contribution in [0.1, 0.15) is 29.7 Å². The summed E-state index contributed by atoms with van der Waals surface area (Å²) in [5.41, 5.74) is 4.67. The van der Waals surface area contributed by atoms with E-state index < -0.39 is 0 Å². The Labute approximate surface area is 127 Å². The third-order valence-electron chi connectivity index (χ3n) is 3.21. The minimum Gasteiger partial charge on any atom is -0.376 e. The molecule has 0 bridgehead atoms. The molecule has 0 spiro atoms. The second-order valence-electron chi connectivity index (χ2n) is 4.70. The van der Waals surface area contributed by atoms with Gasteiger partial charge in [-0.3, -0.25) is 0 Å². The molecule has 0 amide bonds. The van der Waals surface area contributed by atoms with Gasteiger partial charge in [-0.2, -0.15) is 0 Å². The summed E-state index contributed by atoms with van der Waals surface area (Å²) in [5.74, 6) is 0. The van der Waals surface area contributed by atoms with Gasteiger partial charge in [-0.25, -0.2) is 4.98 Å². The van der Waals surface area contributed by atoms with Gasteiger partial charge in [-0.1, -0.05) is 29.8 Å². The first-order valence-corrected chi connectivity index (χ1v) is 7.29. The first kappa shape index (κ1) is 14.4. The van der Waals surface area contributed by atoms with Crippen molar-refractivity contribution in [2.45, 2.75) is 26.8 Å². The minimum absolute atomic E-state index is 0.174. The van der Waals surface area contributed by atoms with E-state index in [1.165, 1.54) is 16.7 Å². The highest BCUT2D eigenvalue weighted by atomic mass is 79.9. The summed E-state index contributed by atoms with van der Waals surface area (Å²) in [4.78, 5) is 4.11. The topological polar surface area (TPSA) is 24.9 Å². The molecule has 100 valence electrons. The molecule has 4 heteroatoms. The number of anilines is 1. The number of rotatable bonds is 3. The highest BCUT2D eigenvalue weighted by molar-refractivity contribution is 9.10. The fourth-order valence-corrected chi connectivity index (χ4v) is 2.36. The van der Waals surface area contributed by atoms with E-state index in [0.717, 1.165) is 10.2 Å². The number of aryl methyl sites for hydroxylation is 2. The third kappa shape index (κ3) is 3.48. The van der Waals surface area contributed by atoms with E-state index >= 15 is 0 Å². The van der Waals surface area contributed by atoms with Gasteiger partial charge in [0, 0.05) is 16.7 Å². The number of nitrogens with one attached hydrogen (secondary N) is 1. The van der Waals surface area contributed by atoms with Crippen molar-refractivity contribution in [3.8, 4) is 0 Å². The molecule has 2 aromatic rings. The lowest BCUT2D eigenvalue weighted by Gasteiger charge is -2.17. The molecule has 1 unspecified atom stereocenters. The van der Waals surface area contributed by atoms with E-state index in [2.05, 4.69) is 65.2 Å². The highest BCUT2D eigenvalue weighted by Crippen LogP contribution is 2.27. The minimum atomic E-state index is 0.174. The summed E-state index contributed by atoms with van der Waals surface area (Å²) in [6.07, 6.45) is 1.69. The van der Waals surface area contributed by atoms with Crippen molar-refractivity contribution >= 4 is 33.2 Å². The maximum absolute atomic E-state index is 6.09. The molecule has 0 saturated carbocycles. The molecule has 0 radical (unpaired) electrons. The van der Waals surface area contributed by atoms with E-state index in [9.17, 15) is 0 Å². The van der Waals surface area contributed by atoms with E-state index in [4.69, 9.17) is 11.6 Å². The molecule has 1 aromatic carbocycles. The van der Waals surface area contributed by atoms with E-state index in [0.29, 0.717) is 5.15 Å². The zero-order valence-electron chi connectivity index (χ0n) is 11.2. The SMILES string of the molecule is Cc1ccc(C(C)Nc2cc(Br)cnc2Cl)cc1C. The number of nitrogens with zero attached hydrogens (tertiary/aromatic N) is 1. The van der Waals surface area contributed by atoms with E-state index in [-0.39, 0.29) is 6.04 Å². The van der Waals surface area contributed by atoms with Crippen LogP contribution in [0.3, 0.4) is 0 Å². The van der Waals surface area contributed by atoms with Crippen molar-refractivity contribution in [1.29, 1.82) is 0 Å². The summed E-state index contributed by atoms with van der Waals surface area (Å²) in [6.45, 7) is 6.35. The van der Waals surface area contributed by atoms with Crippen molar-refractivity contribution in [3.63, 3.8) is 0 Å². The Balaban J connectivity index is 2.22. The van der Waals surface area contributed by atoms with Crippen molar-refractivity contribution < 1.29 is 0 Å². The Hall–Kier alpha value is -1.06. The molecule has 1 heterocycles.